The van der Waals surface area contributed by atoms with Gasteiger partial charge in [-0.05, 0) is 37.7 Å². The number of nitrogens with two attached hydrogens (primary N) is 1. The number of alkyl halides is 3. The highest BCUT2D eigenvalue weighted by atomic mass is 127. The number of para-hydroxylation sites is 1. The van der Waals surface area contributed by atoms with E-state index < -0.39 is 12.1 Å². The van der Waals surface area contributed by atoms with E-state index in [0.717, 1.165) is 17.7 Å². The van der Waals surface area contributed by atoms with Crippen LogP contribution in [0.15, 0.2) is 29.3 Å². The van der Waals surface area contributed by atoms with Crippen LogP contribution in [0.1, 0.15) is 43.7 Å². The first-order valence-electron chi connectivity index (χ1n) is 8.78. The molecule has 1 atom stereocenters. The summed E-state index contributed by atoms with van der Waals surface area (Å²) >= 11 is 0. The van der Waals surface area contributed by atoms with Crippen molar-refractivity contribution in [3.05, 3.63) is 29.8 Å². The fourth-order valence-electron chi connectivity index (χ4n) is 3.62. The van der Waals surface area contributed by atoms with Gasteiger partial charge in [0, 0.05) is 18.5 Å². The normalized spacial score (nSPS) is 26.3. The summed E-state index contributed by atoms with van der Waals surface area (Å²) < 4.78 is 43.7. The summed E-state index contributed by atoms with van der Waals surface area (Å²) in [6.45, 7) is 1.09. The van der Waals surface area contributed by atoms with Crippen LogP contribution in [0.2, 0.25) is 0 Å². The molecular weight excluding hydrogens is 458 g/mol. The van der Waals surface area contributed by atoms with E-state index >= 15 is 0 Å². The van der Waals surface area contributed by atoms with Crippen molar-refractivity contribution in [1.29, 1.82) is 0 Å². The number of fused-ring (bicyclic) bond motifs is 1. The van der Waals surface area contributed by atoms with E-state index in [2.05, 4.69) is 10.3 Å². The van der Waals surface area contributed by atoms with Gasteiger partial charge in [-0.15, -0.1) is 24.0 Å². The monoisotopic (exact) mass is 483 g/mol. The Morgan fingerprint density at radius 1 is 1.15 bits per heavy atom. The molecule has 0 aromatic heterocycles. The molecule has 1 aromatic carbocycles. The van der Waals surface area contributed by atoms with Gasteiger partial charge in [0.2, 0.25) is 0 Å². The lowest BCUT2D eigenvalue weighted by Gasteiger charge is -2.29. The molecule has 0 saturated heterocycles. The second-order valence-corrected chi connectivity index (χ2v) is 6.86. The summed E-state index contributed by atoms with van der Waals surface area (Å²) in [5, 5.41) is 3.22. The number of ether oxygens (including phenoxy) is 1. The zero-order chi connectivity index (χ0) is 17.9. The molecule has 1 aliphatic heterocycles. The van der Waals surface area contributed by atoms with Crippen LogP contribution in [0, 0.1) is 11.8 Å². The molecule has 0 radical (unpaired) electrons. The average Bonchev–Trinajstić information content (AvgIpc) is 2.60. The minimum Gasteiger partial charge on any atom is -0.493 e. The molecule has 3 rings (SSSR count). The Balaban J connectivity index is 0.00000243. The number of nitrogens with zero attached hydrogens (tertiary/aromatic N) is 1. The number of benzene rings is 1. The predicted octanol–water partition coefficient (Wildman–Crippen LogP) is 4.40. The lowest BCUT2D eigenvalue weighted by atomic mass is 9.82. The van der Waals surface area contributed by atoms with Gasteiger partial charge in [-0.1, -0.05) is 18.2 Å². The summed E-state index contributed by atoms with van der Waals surface area (Å²) in [7, 11) is 0. The Morgan fingerprint density at radius 3 is 2.54 bits per heavy atom. The van der Waals surface area contributed by atoms with Crippen LogP contribution >= 0.6 is 24.0 Å². The Labute approximate surface area is 168 Å². The van der Waals surface area contributed by atoms with Gasteiger partial charge in [-0.3, -0.25) is 4.99 Å². The lowest BCUT2D eigenvalue weighted by molar-refractivity contribution is -0.183. The number of hydrogen-bond donors (Lipinski definition) is 2. The van der Waals surface area contributed by atoms with E-state index in [1.165, 1.54) is 0 Å². The van der Waals surface area contributed by atoms with Crippen LogP contribution in [0.3, 0.4) is 0 Å². The number of halogens is 4. The van der Waals surface area contributed by atoms with Crippen LogP contribution in [0.5, 0.6) is 5.75 Å². The standard InChI is InChI=1S/C18H24F3N3O.HI/c19-18(20,21)13-7-5-12(6-8-13)11-23-17(22)24-15-9-10-25-16-4-2-1-3-14(15)16;/h1-4,12-13,15H,5-11H2,(H3,22,23,24);1H. The summed E-state index contributed by atoms with van der Waals surface area (Å²) in [4.78, 5) is 4.36. The fourth-order valence-corrected chi connectivity index (χ4v) is 3.62. The van der Waals surface area contributed by atoms with Gasteiger partial charge in [0.25, 0.3) is 0 Å². The zero-order valence-corrected chi connectivity index (χ0v) is 16.8. The molecule has 0 spiro atoms. The summed E-state index contributed by atoms with van der Waals surface area (Å²) in [6.07, 6.45) is -1.76. The molecule has 1 unspecified atom stereocenters. The number of hydrogen-bond acceptors (Lipinski definition) is 2. The molecule has 2 aliphatic rings. The van der Waals surface area contributed by atoms with Gasteiger partial charge < -0.3 is 15.8 Å². The van der Waals surface area contributed by atoms with Gasteiger partial charge >= 0.3 is 6.18 Å². The van der Waals surface area contributed by atoms with Crippen molar-refractivity contribution in [2.45, 2.75) is 44.3 Å². The molecule has 146 valence electrons. The minimum atomic E-state index is -4.06. The van der Waals surface area contributed by atoms with Crippen LogP contribution in [0.25, 0.3) is 0 Å². The molecule has 26 heavy (non-hydrogen) atoms. The second-order valence-electron chi connectivity index (χ2n) is 6.86. The van der Waals surface area contributed by atoms with Crippen LogP contribution in [-0.4, -0.2) is 25.3 Å². The van der Waals surface area contributed by atoms with Crippen molar-refractivity contribution in [2.75, 3.05) is 13.2 Å². The Morgan fingerprint density at radius 2 is 1.85 bits per heavy atom. The third-order valence-electron chi connectivity index (χ3n) is 5.11. The van der Waals surface area contributed by atoms with E-state index in [9.17, 15) is 13.2 Å². The third-order valence-corrected chi connectivity index (χ3v) is 5.11. The maximum Gasteiger partial charge on any atom is 0.391 e. The highest BCUT2D eigenvalue weighted by Gasteiger charge is 2.41. The molecule has 1 aromatic rings. The molecule has 3 N–H and O–H groups in total. The second kappa shape index (κ2) is 9.14. The van der Waals surface area contributed by atoms with Crippen molar-refractivity contribution in [1.82, 2.24) is 5.32 Å². The quantitative estimate of drug-likeness (QED) is 0.381. The highest BCUT2D eigenvalue weighted by Crippen LogP contribution is 2.39. The largest absolute Gasteiger partial charge is 0.493 e. The van der Waals surface area contributed by atoms with E-state index in [1.807, 2.05) is 24.3 Å². The fraction of sp³-hybridized carbons (Fsp3) is 0.611. The topological polar surface area (TPSA) is 59.6 Å². The lowest BCUT2D eigenvalue weighted by Crippen LogP contribution is -2.38. The first kappa shape index (κ1) is 21.1. The Hall–Kier alpha value is -1.19. The average molecular weight is 483 g/mol. The van der Waals surface area contributed by atoms with Gasteiger partial charge in [-0.25, -0.2) is 0 Å². The van der Waals surface area contributed by atoms with Crippen molar-refractivity contribution in [3.63, 3.8) is 0 Å². The minimum absolute atomic E-state index is 0. The summed E-state index contributed by atoms with van der Waals surface area (Å²) in [6, 6.07) is 7.85. The Kier molecular flexibility index (Phi) is 7.42. The summed E-state index contributed by atoms with van der Waals surface area (Å²) in [5.41, 5.74) is 7.05. The third kappa shape index (κ3) is 5.40. The van der Waals surface area contributed by atoms with Crippen LogP contribution in [-0.2, 0) is 0 Å². The molecular formula is C18H25F3IN3O. The van der Waals surface area contributed by atoms with E-state index in [4.69, 9.17) is 10.5 Å². The smallest absolute Gasteiger partial charge is 0.391 e. The molecule has 8 heteroatoms. The molecule has 4 nitrogen and oxygen atoms in total. The van der Waals surface area contributed by atoms with Crippen LogP contribution in [0.4, 0.5) is 13.2 Å². The van der Waals surface area contributed by atoms with Gasteiger partial charge in [-0.2, -0.15) is 13.2 Å². The van der Waals surface area contributed by atoms with Crippen molar-refractivity contribution >= 4 is 29.9 Å². The first-order valence-corrected chi connectivity index (χ1v) is 8.78. The van der Waals surface area contributed by atoms with E-state index in [-0.39, 0.29) is 48.8 Å². The number of aliphatic imine (C=N–C) groups is 1. The van der Waals surface area contributed by atoms with E-state index in [1.54, 1.807) is 0 Å². The molecule has 1 heterocycles. The maximum absolute atomic E-state index is 12.7. The highest BCUT2D eigenvalue weighted by molar-refractivity contribution is 14.0. The van der Waals surface area contributed by atoms with E-state index in [0.29, 0.717) is 32.0 Å². The maximum atomic E-state index is 12.7. The number of nitrogens with one attached hydrogen (secondary N) is 1. The number of guanidine groups is 1. The first-order chi connectivity index (χ1) is 11.9. The zero-order valence-electron chi connectivity index (χ0n) is 14.5. The molecule has 0 amide bonds. The van der Waals surface area contributed by atoms with Crippen molar-refractivity contribution in [2.24, 2.45) is 22.6 Å². The predicted molar refractivity (Wildman–Crippen MR) is 106 cm³/mol. The van der Waals surface area contributed by atoms with Gasteiger partial charge in [0.15, 0.2) is 5.96 Å². The van der Waals surface area contributed by atoms with Crippen LogP contribution < -0.4 is 15.8 Å². The van der Waals surface area contributed by atoms with Crippen molar-refractivity contribution < 1.29 is 17.9 Å². The van der Waals surface area contributed by atoms with Gasteiger partial charge in [0.1, 0.15) is 5.75 Å². The molecule has 1 fully saturated rings. The molecule has 0 bridgehead atoms. The Bertz CT molecular complexity index is 616. The number of rotatable bonds is 3. The SMILES string of the molecule is I.NC(=NCC1CCC(C(F)(F)F)CC1)NC1CCOc2ccccc21. The molecule has 1 saturated carbocycles. The summed E-state index contributed by atoms with van der Waals surface area (Å²) in [5.74, 6) is 0.229. The van der Waals surface area contributed by atoms with Crippen molar-refractivity contribution in [3.8, 4) is 5.75 Å². The van der Waals surface area contributed by atoms with Gasteiger partial charge in [0.05, 0.1) is 18.6 Å². The molecule has 1 aliphatic carbocycles.